The molecular weight excluding hydrogens is 372 g/mol. The Bertz CT molecular complexity index is 752. The predicted molar refractivity (Wildman–Crippen MR) is 115 cm³/mol. The molecule has 1 saturated heterocycles. The van der Waals surface area contributed by atoms with Crippen molar-refractivity contribution >= 4 is 16.0 Å². The van der Waals surface area contributed by atoms with Crippen LogP contribution < -0.4 is 10.6 Å². The van der Waals surface area contributed by atoms with E-state index in [2.05, 4.69) is 47.9 Å². The number of aliphatic imine (C=N–C) groups is 1. The van der Waals surface area contributed by atoms with E-state index >= 15 is 0 Å². The molecule has 1 saturated carbocycles. The summed E-state index contributed by atoms with van der Waals surface area (Å²) in [5.74, 6) is 1.35. The van der Waals surface area contributed by atoms with Gasteiger partial charge in [0.2, 0.25) is 10.0 Å². The molecule has 1 aliphatic carbocycles. The van der Waals surface area contributed by atoms with Crippen molar-refractivity contribution in [2.75, 3.05) is 39.0 Å². The molecule has 0 aromatic heterocycles. The monoisotopic (exact) mass is 406 g/mol. The SMILES string of the molecule is CCNC(=NCC1(c2ccccc2)CCC1)NCC1CCN(S(C)(=O)=O)CC1. The Hall–Kier alpha value is -1.60. The van der Waals surface area contributed by atoms with E-state index in [0.29, 0.717) is 19.0 Å². The van der Waals surface area contributed by atoms with Gasteiger partial charge in [-0.1, -0.05) is 36.8 Å². The van der Waals surface area contributed by atoms with Crippen LogP contribution in [0.25, 0.3) is 0 Å². The quantitative estimate of drug-likeness (QED) is 0.538. The second-order valence-corrected chi connectivity index (χ2v) is 10.2. The lowest BCUT2D eigenvalue weighted by Gasteiger charge is -2.41. The fourth-order valence-corrected chi connectivity index (χ4v) is 5.07. The van der Waals surface area contributed by atoms with E-state index in [1.165, 1.54) is 31.1 Å². The number of piperidine rings is 1. The van der Waals surface area contributed by atoms with Gasteiger partial charge in [0.15, 0.2) is 5.96 Å². The molecule has 1 aliphatic heterocycles. The molecular formula is C21H34N4O2S. The summed E-state index contributed by atoms with van der Waals surface area (Å²) in [5, 5.41) is 6.85. The van der Waals surface area contributed by atoms with Gasteiger partial charge in [0, 0.05) is 31.6 Å². The van der Waals surface area contributed by atoms with Crippen LogP contribution in [0.4, 0.5) is 0 Å². The van der Waals surface area contributed by atoms with E-state index in [1.54, 1.807) is 4.31 Å². The molecule has 1 aromatic carbocycles. The number of benzene rings is 1. The topological polar surface area (TPSA) is 73.8 Å². The zero-order chi connectivity index (χ0) is 20.0. The molecule has 156 valence electrons. The van der Waals surface area contributed by atoms with Crippen LogP contribution in [-0.4, -0.2) is 57.7 Å². The average molecular weight is 407 g/mol. The van der Waals surface area contributed by atoms with E-state index in [0.717, 1.165) is 38.4 Å². The highest BCUT2D eigenvalue weighted by Gasteiger charge is 2.38. The maximum atomic E-state index is 11.7. The molecule has 2 N–H and O–H groups in total. The van der Waals surface area contributed by atoms with Crippen molar-refractivity contribution < 1.29 is 8.42 Å². The van der Waals surface area contributed by atoms with Crippen molar-refractivity contribution in [2.24, 2.45) is 10.9 Å². The van der Waals surface area contributed by atoms with Gasteiger partial charge < -0.3 is 10.6 Å². The molecule has 0 bridgehead atoms. The van der Waals surface area contributed by atoms with Crippen LogP contribution in [0.15, 0.2) is 35.3 Å². The number of nitrogens with one attached hydrogen (secondary N) is 2. The first-order chi connectivity index (χ1) is 13.4. The maximum Gasteiger partial charge on any atom is 0.211 e. The fraction of sp³-hybridized carbons (Fsp3) is 0.667. The molecule has 2 fully saturated rings. The normalized spacial score (nSPS) is 21.1. The van der Waals surface area contributed by atoms with Crippen molar-refractivity contribution in [3.05, 3.63) is 35.9 Å². The van der Waals surface area contributed by atoms with E-state index in [9.17, 15) is 8.42 Å². The van der Waals surface area contributed by atoms with Gasteiger partial charge in [0.05, 0.1) is 12.8 Å². The lowest BCUT2D eigenvalue weighted by atomic mass is 9.64. The molecule has 1 heterocycles. The van der Waals surface area contributed by atoms with Crippen LogP contribution in [0.2, 0.25) is 0 Å². The Labute approximate surface area is 169 Å². The van der Waals surface area contributed by atoms with Gasteiger partial charge in [-0.3, -0.25) is 4.99 Å². The third-order valence-electron chi connectivity index (χ3n) is 6.18. The summed E-state index contributed by atoms with van der Waals surface area (Å²) < 4.78 is 24.9. The number of hydrogen-bond acceptors (Lipinski definition) is 3. The second kappa shape index (κ2) is 9.27. The minimum Gasteiger partial charge on any atom is -0.357 e. The van der Waals surface area contributed by atoms with Crippen LogP contribution >= 0.6 is 0 Å². The van der Waals surface area contributed by atoms with Crippen molar-refractivity contribution in [3.63, 3.8) is 0 Å². The van der Waals surface area contributed by atoms with E-state index in [4.69, 9.17) is 4.99 Å². The first-order valence-electron chi connectivity index (χ1n) is 10.5. The Kier molecular flexibility index (Phi) is 6.99. The Balaban J connectivity index is 1.55. The number of rotatable bonds is 7. The molecule has 0 spiro atoms. The summed E-state index contributed by atoms with van der Waals surface area (Å²) in [7, 11) is -3.06. The van der Waals surface area contributed by atoms with Gasteiger partial charge in [-0.25, -0.2) is 12.7 Å². The molecule has 1 aromatic rings. The fourth-order valence-electron chi connectivity index (χ4n) is 4.19. The number of hydrogen-bond donors (Lipinski definition) is 2. The van der Waals surface area contributed by atoms with Crippen LogP contribution in [-0.2, 0) is 15.4 Å². The molecule has 0 unspecified atom stereocenters. The van der Waals surface area contributed by atoms with E-state index in [-0.39, 0.29) is 5.41 Å². The number of guanidine groups is 1. The largest absolute Gasteiger partial charge is 0.357 e. The van der Waals surface area contributed by atoms with Gasteiger partial charge in [-0.2, -0.15) is 0 Å². The molecule has 0 amide bonds. The molecule has 3 rings (SSSR count). The summed E-state index contributed by atoms with van der Waals surface area (Å²) >= 11 is 0. The van der Waals surface area contributed by atoms with Gasteiger partial charge in [-0.15, -0.1) is 0 Å². The van der Waals surface area contributed by atoms with Gasteiger partial charge in [-0.05, 0) is 44.1 Å². The molecule has 6 nitrogen and oxygen atoms in total. The van der Waals surface area contributed by atoms with Gasteiger partial charge in [0.25, 0.3) is 0 Å². The van der Waals surface area contributed by atoms with Crippen LogP contribution in [0.3, 0.4) is 0 Å². The number of nitrogens with zero attached hydrogens (tertiary/aromatic N) is 2. The van der Waals surface area contributed by atoms with Gasteiger partial charge in [0.1, 0.15) is 0 Å². The third-order valence-corrected chi connectivity index (χ3v) is 7.48. The third kappa shape index (κ3) is 5.26. The second-order valence-electron chi connectivity index (χ2n) is 8.18. The maximum absolute atomic E-state index is 11.7. The van der Waals surface area contributed by atoms with Crippen LogP contribution in [0, 0.1) is 5.92 Å². The minimum atomic E-state index is -3.06. The smallest absolute Gasteiger partial charge is 0.211 e. The zero-order valence-electron chi connectivity index (χ0n) is 17.2. The van der Waals surface area contributed by atoms with Gasteiger partial charge >= 0.3 is 0 Å². The van der Waals surface area contributed by atoms with Crippen LogP contribution in [0.5, 0.6) is 0 Å². The lowest BCUT2D eigenvalue weighted by Crippen LogP contribution is -2.45. The Morgan fingerprint density at radius 1 is 1.18 bits per heavy atom. The summed E-state index contributed by atoms with van der Waals surface area (Å²) in [5.41, 5.74) is 1.58. The first kappa shape index (κ1) is 21.1. The molecule has 7 heteroatoms. The summed E-state index contributed by atoms with van der Waals surface area (Å²) in [6, 6.07) is 10.8. The van der Waals surface area contributed by atoms with Crippen molar-refractivity contribution in [1.29, 1.82) is 0 Å². The Morgan fingerprint density at radius 2 is 1.86 bits per heavy atom. The van der Waals surface area contributed by atoms with E-state index < -0.39 is 10.0 Å². The number of sulfonamides is 1. The van der Waals surface area contributed by atoms with Crippen molar-refractivity contribution in [2.45, 2.75) is 44.4 Å². The van der Waals surface area contributed by atoms with Crippen molar-refractivity contribution in [3.8, 4) is 0 Å². The molecule has 0 atom stereocenters. The zero-order valence-corrected chi connectivity index (χ0v) is 18.0. The minimum absolute atomic E-state index is 0.185. The summed E-state index contributed by atoms with van der Waals surface area (Å²) in [6.45, 7) is 5.79. The first-order valence-corrected chi connectivity index (χ1v) is 12.3. The Morgan fingerprint density at radius 3 is 2.39 bits per heavy atom. The summed E-state index contributed by atoms with van der Waals surface area (Å²) in [6.07, 6.45) is 6.76. The average Bonchev–Trinajstić information content (AvgIpc) is 2.65. The molecule has 0 radical (unpaired) electrons. The van der Waals surface area contributed by atoms with E-state index in [1.807, 2.05) is 0 Å². The highest BCUT2D eigenvalue weighted by atomic mass is 32.2. The predicted octanol–water partition coefficient (Wildman–Crippen LogP) is 2.33. The summed E-state index contributed by atoms with van der Waals surface area (Å²) in [4.78, 5) is 4.91. The highest BCUT2D eigenvalue weighted by molar-refractivity contribution is 7.88. The standard InChI is InChI=1S/C21H34N4O2S/c1-3-22-20(23-16-18-10-14-25(15-11-18)28(2,26)27)24-17-21(12-7-13-21)19-8-5-4-6-9-19/h4-6,8-9,18H,3,7,10-17H2,1-2H3,(H2,22,23,24). The molecule has 2 aliphatic rings. The lowest BCUT2D eigenvalue weighted by molar-refractivity contribution is 0.253. The van der Waals surface area contributed by atoms with Crippen molar-refractivity contribution in [1.82, 2.24) is 14.9 Å². The van der Waals surface area contributed by atoms with Crippen LogP contribution in [0.1, 0.15) is 44.6 Å². The highest BCUT2D eigenvalue weighted by Crippen LogP contribution is 2.43. The molecule has 28 heavy (non-hydrogen) atoms.